The number of likely N-dealkylation sites (N-methyl/N-ethyl adjacent to an activating group) is 1. The Morgan fingerprint density at radius 2 is 1.78 bits per heavy atom. The maximum Gasteiger partial charge on any atom is 0.0807 e. The summed E-state index contributed by atoms with van der Waals surface area (Å²) in [6.45, 7) is 5.91. The molecule has 0 spiro atoms. The van der Waals surface area contributed by atoms with Crippen LogP contribution in [0.2, 0.25) is 0 Å². The van der Waals surface area contributed by atoms with E-state index in [1.54, 1.807) is 7.11 Å². The molecule has 4 heteroatoms. The molecule has 1 rings (SSSR count). The van der Waals surface area contributed by atoms with E-state index < -0.39 is 0 Å². The van der Waals surface area contributed by atoms with Crippen LogP contribution in [0.3, 0.4) is 0 Å². The van der Waals surface area contributed by atoms with Crippen molar-refractivity contribution in [2.75, 3.05) is 47.1 Å². The smallest absolute Gasteiger partial charge is 0.0807 e. The molecule has 108 valence electrons. The largest absolute Gasteiger partial charge is 0.382 e. The summed E-state index contributed by atoms with van der Waals surface area (Å²) < 4.78 is 16.5. The van der Waals surface area contributed by atoms with Crippen molar-refractivity contribution in [3.05, 3.63) is 0 Å². The molecule has 0 aromatic rings. The number of rotatable bonds is 9. The monoisotopic (exact) mass is 259 g/mol. The molecule has 0 aliphatic heterocycles. The van der Waals surface area contributed by atoms with E-state index in [4.69, 9.17) is 14.2 Å². The molecule has 1 aliphatic rings. The Labute approximate surface area is 111 Å². The van der Waals surface area contributed by atoms with Gasteiger partial charge in [-0.25, -0.2) is 0 Å². The lowest BCUT2D eigenvalue weighted by molar-refractivity contribution is -0.0927. The van der Waals surface area contributed by atoms with Crippen molar-refractivity contribution in [3.63, 3.8) is 0 Å². The van der Waals surface area contributed by atoms with E-state index in [9.17, 15) is 0 Å². The van der Waals surface area contributed by atoms with Crippen LogP contribution >= 0.6 is 0 Å². The molecule has 0 saturated heterocycles. The van der Waals surface area contributed by atoms with E-state index >= 15 is 0 Å². The van der Waals surface area contributed by atoms with Crippen LogP contribution in [-0.4, -0.2) is 52.7 Å². The second-order valence-corrected chi connectivity index (χ2v) is 5.35. The van der Waals surface area contributed by atoms with Crippen LogP contribution in [0.5, 0.6) is 0 Å². The highest BCUT2D eigenvalue weighted by molar-refractivity contribution is 4.88. The fourth-order valence-electron chi connectivity index (χ4n) is 2.54. The molecule has 0 atom stereocenters. The number of nitrogens with one attached hydrogen (secondary N) is 1. The molecule has 0 amide bonds. The summed E-state index contributed by atoms with van der Waals surface area (Å²) in [5.41, 5.74) is 0.0336. The summed E-state index contributed by atoms with van der Waals surface area (Å²) in [5, 5.41) is 3.27. The molecule has 18 heavy (non-hydrogen) atoms. The summed E-state index contributed by atoms with van der Waals surface area (Å²) in [6.07, 6.45) is 4.86. The third-order valence-electron chi connectivity index (χ3n) is 3.75. The molecular formula is C14H29NO3. The zero-order valence-corrected chi connectivity index (χ0v) is 12.2. The van der Waals surface area contributed by atoms with Gasteiger partial charge in [0.15, 0.2) is 0 Å². The van der Waals surface area contributed by atoms with Gasteiger partial charge < -0.3 is 19.5 Å². The third kappa shape index (κ3) is 5.65. The zero-order chi connectivity index (χ0) is 13.3. The van der Waals surface area contributed by atoms with E-state index in [2.05, 4.69) is 12.2 Å². The van der Waals surface area contributed by atoms with Crippen molar-refractivity contribution in [3.8, 4) is 0 Å². The highest BCUT2D eigenvalue weighted by Gasteiger charge is 2.34. The first-order valence-electron chi connectivity index (χ1n) is 7.08. The van der Waals surface area contributed by atoms with Gasteiger partial charge in [0.2, 0.25) is 0 Å². The number of methoxy groups -OCH3 is 1. The fourth-order valence-corrected chi connectivity index (χ4v) is 2.54. The van der Waals surface area contributed by atoms with E-state index in [1.807, 2.05) is 7.05 Å². The predicted octanol–water partition coefficient (Wildman–Crippen LogP) is 1.83. The van der Waals surface area contributed by atoms with Crippen molar-refractivity contribution >= 4 is 0 Å². The van der Waals surface area contributed by atoms with Crippen molar-refractivity contribution in [2.45, 2.75) is 38.2 Å². The van der Waals surface area contributed by atoms with Gasteiger partial charge in [-0.3, -0.25) is 0 Å². The Balaban J connectivity index is 2.21. The SMILES string of the molecule is CNCC1(OCCOCCOC)CCC(C)CC1. The average Bonchev–Trinajstić information content (AvgIpc) is 2.38. The number of hydrogen-bond donors (Lipinski definition) is 1. The van der Waals surface area contributed by atoms with Gasteiger partial charge in [0.05, 0.1) is 32.0 Å². The van der Waals surface area contributed by atoms with Gasteiger partial charge in [-0.2, -0.15) is 0 Å². The highest BCUT2D eigenvalue weighted by Crippen LogP contribution is 2.34. The van der Waals surface area contributed by atoms with Gasteiger partial charge in [-0.05, 0) is 38.6 Å². The first-order chi connectivity index (χ1) is 8.72. The summed E-state index contributed by atoms with van der Waals surface area (Å²) in [7, 11) is 3.68. The van der Waals surface area contributed by atoms with E-state index in [0.717, 1.165) is 25.3 Å². The van der Waals surface area contributed by atoms with Crippen molar-refractivity contribution < 1.29 is 14.2 Å². The third-order valence-corrected chi connectivity index (χ3v) is 3.75. The van der Waals surface area contributed by atoms with E-state index in [0.29, 0.717) is 26.4 Å². The highest BCUT2D eigenvalue weighted by atomic mass is 16.5. The summed E-state index contributed by atoms with van der Waals surface area (Å²) >= 11 is 0. The standard InChI is InChI=1S/C14H29NO3/c1-13-4-6-14(7-5-13,12-15-2)18-11-10-17-9-8-16-3/h13,15H,4-12H2,1-3H3. The van der Waals surface area contributed by atoms with Crippen LogP contribution in [0.4, 0.5) is 0 Å². The number of ether oxygens (including phenoxy) is 3. The Morgan fingerprint density at radius 1 is 1.11 bits per heavy atom. The molecule has 1 aliphatic carbocycles. The predicted molar refractivity (Wildman–Crippen MR) is 72.9 cm³/mol. The lowest BCUT2D eigenvalue weighted by atomic mass is 9.79. The quantitative estimate of drug-likeness (QED) is 0.641. The minimum absolute atomic E-state index is 0.0336. The maximum atomic E-state index is 6.11. The maximum absolute atomic E-state index is 6.11. The molecule has 0 aromatic heterocycles. The van der Waals surface area contributed by atoms with Crippen LogP contribution in [-0.2, 0) is 14.2 Å². The normalized spacial score (nSPS) is 28.5. The molecule has 0 bridgehead atoms. The molecule has 4 nitrogen and oxygen atoms in total. The minimum atomic E-state index is 0.0336. The van der Waals surface area contributed by atoms with Crippen LogP contribution < -0.4 is 5.32 Å². The Kier molecular flexibility index (Phi) is 7.82. The van der Waals surface area contributed by atoms with Gasteiger partial charge >= 0.3 is 0 Å². The van der Waals surface area contributed by atoms with Crippen molar-refractivity contribution in [1.29, 1.82) is 0 Å². The summed E-state index contributed by atoms with van der Waals surface area (Å²) in [5.74, 6) is 0.844. The first kappa shape index (κ1) is 15.9. The lowest BCUT2D eigenvalue weighted by Gasteiger charge is -2.39. The summed E-state index contributed by atoms with van der Waals surface area (Å²) in [4.78, 5) is 0. The first-order valence-corrected chi connectivity index (χ1v) is 7.08. The van der Waals surface area contributed by atoms with Crippen molar-refractivity contribution in [1.82, 2.24) is 5.32 Å². The fraction of sp³-hybridized carbons (Fsp3) is 1.00. The zero-order valence-electron chi connectivity index (χ0n) is 12.2. The molecule has 1 N–H and O–H groups in total. The van der Waals surface area contributed by atoms with Crippen LogP contribution in [0.15, 0.2) is 0 Å². The Hall–Kier alpha value is -0.160. The lowest BCUT2D eigenvalue weighted by Crippen LogP contribution is -2.45. The van der Waals surface area contributed by atoms with Crippen LogP contribution in [0.25, 0.3) is 0 Å². The minimum Gasteiger partial charge on any atom is -0.382 e. The Morgan fingerprint density at radius 3 is 2.39 bits per heavy atom. The molecule has 0 unspecified atom stereocenters. The van der Waals surface area contributed by atoms with Gasteiger partial charge in [0.1, 0.15) is 0 Å². The molecule has 0 aromatic carbocycles. The molecule has 1 fully saturated rings. The second kappa shape index (κ2) is 8.86. The second-order valence-electron chi connectivity index (χ2n) is 5.35. The van der Waals surface area contributed by atoms with Gasteiger partial charge in [-0.15, -0.1) is 0 Å². The topological polar surface area (TPSA) is 39.7 Å². The Bertz CT molecular complexity index is 203. The summed E-state index contributed by atoms with van der Waals surface area (Å²) in [6, 6.07) is 0. The van der Waals surface area contributed by atoms with Gasteiger partial charge in [0.25, 0.3) is 0 Å². The van der Waals surface area contributed by atoms with Crippen LogP contribution in [0, 0.1) is 5.92 Å². The van der Waals surface area contributed by atoms with E-state index in [-0.39, 0.29) is 5.60 Å². The van der Waals surface area contributed by atoms with E-state index in [1.165, 1.54) is 12.8 Å². The van der Waals surface area contributed by atoms with Crippen LogP contribution in [0.1, 0.15) is 32.6 Å². The molecular weight excluding hydrogens is 230 g/mol. The molecule has 0 heterocycles. The average molecular weight is 259 g/mol. The van der Waals surface area contributed by atoms with Gasteiger partial charge in [0, 0.05) is 13.7 Å². The van der Waals surface area contributed by atoms with Gasteiger partial charge in [-0.1, -0.05) is 6.92 Å². The number of hydrogen-bond acceptors (Lipinski definition) is 4. The molecule has 1 saturated carbocycles. The molecule has 0 radical (unpaired) electrons. The van der Waals surface area contributed by atoms with Crippen molar-refractivity contribution in [2.24, 2.45) is 5.92 Å².